The van der Waals surface area contributed by atoms with Gasteiger partial charge in [0.1, 0.15) is 0 Å². The summed E-state index contributed by atoms with van der Waals surface area (Å²) in [6.07, 6.45) is -0.967. The number of hydrogen-bond donors (Lipinski definition) is 5. The first-order chi connectivity index (χ1) is 16.5. The molecule has 0 aliphatic rings. The molecule has 0 saturated heterocycles. The van der Waals surface area contributed by atoms with E-state index in [0.29, 0.717) is 5.56 Å². The molecule has 0 saturated carbocycles. The minimum absolute atomic E-state index is 0.179. The van der Waals surface area contributed by atoms with Gasteiger partial charge < -0.3 is 39.7 Å². The number of carbonyl (C=O) groups excluding carboxylic acids is 2. The van der Waals surface area contributed by atoms with Crippen molar-refractivity contribution < 1.29 is 58.9 Å². The Morgan fingerprint density at radius 1 is 0.714 bits per heavy atom. The normalized spacial score (nSPS) is 12.7. The third kappa shape index (κ3) is 7.53. The summed E-state index contributed by atoms with van der Waals surface area (Å²) >= 11 is 0. The fourth-order valence-electron chi connectivity index (χ4n) is 2.60. The summed E-state index contributed by atoms with van der Waals surface area (Å²) in [5.41, 5.74) is 0.554. The molecule has 5 N–H and O–H groups in total. The van der Waals surface area contributed by atoms with Crippen LogP contribution in [0.15, 0.2) is 48.6 Å². The Kier molecular flexibility index (Phi) is 8.81. The number of esters is 2. The van der Waals surface area contributed by atoms with E-state index in [1.54, 1.807) is 0 Å². The molecular weight excluding hydrogens is 468 g/mol. The van der Waals surface area contributed by atoms with E-state index in [1.807, 2.05) is 0 Å². The molecule has 0 amide bonds. The number of carboxylic acids is 2. The SMILES string of the molecule is COc1ccc(/C=C/C(=O)OC(C(=O)O)C(OC(=O)/C=C/c2ccc(O)c(O)c2)C(=O)O)cc1O. The maximum Gasteiger partial charge on any atom is 0.349 e. The lowest BCUT2D eigenvalue weighted by Crippen LogP contribution is -2.45. The van der Waals surface area contributed by atoms with E-state index in [2.05, 4.69) is 9.47 Å². The topological polar surface area (TPSA) is 197 Å². The number of aliphatic carboxylic acids is 2. The zero-order chi connectivity index (χ0) is 26.1. The third-order valence-corrected chi connectivity index (χ3v) is 4.27. The number of methoxy groups -OCH3 is 1. The molecular formula is C23H20O12. The molecule has 2 atom stereocenters. The summed E-state index contributed by atoms with van der Waals surface area (Å²) in [5.74, 6) is -7.24. The van der Waals surface area contributed by atoms with Gasteiger partial charge >= 0.3 is 23.9 Å². The van der Waals surface area contributed by atoms with E-state index < -0.39 is 47.6 Å². The molecule has 2 unspecified atom stereocenters. The molecule has 0 radical (unpaired) electrons. The van der Waals surface area contributed by atoms with E-state index in [0.717, 1.165) is 36.4 Å². The monoisotopic (exact) mass is 488 g/mol. The number of aromatic hydroxyl groups is 3. The van der Waals surface area contributed by atoms with Gasteiger partial charge in [0, 0.05) is 12.2 Å². The van der Waals surface area contributed by atoms with Crippen molar-refractivity contribution in [2.75, 3.05) is 7.11 Å². The fraction of sp³-hybridized carbons (Fsp3) is 0.130. The van der Waals surface area contributed by atoms with Gasteiger partial charge in [0.05, 0.1) is 7.11 Å². The Morgan fingerprint density at radius 2 is 1.17 bits per heavy atom. The van der Waals surface area contributed by atoms with Gasteiger partial charge in [0.15, 0.2) is 23.0 Å². The maximum atomic E-state index is 12.1. The van der Waals surface area contributed by atoms with E-state index in [1.165, 1.54) is 31.4 Å². The van der Waals surface area contributed by atoms with E-state index in [-0.39, 0.29) is 17.1 Å². The summed E-state index contributed by atoms with van der Waals surface area (Å²) in [5, 5.41) is 47.1. The fourth-order valence-corrected chi connectivity index (χ4v) is 2.60. The minimum Gasteiger partial charge on any atom is -0.504 e. The van der Waals surface area contributed by atoms with Crippen LogP contribution in [-0.4, -0.2) is 68.7 Å². The molecule has 0 fully saturated rings. The number of phenolic OH excluding ortho intramolecular Hbond substituents is 3. The van der Waals surface area contributed by atoms with Gasteiger partial charge in [0.2, 0.25) is 12.2 Å². The summed E-state index contributed by atoms with van der Waals surface area (Å²) in [6, 6.07) is 7.70. The van der Waals surface area contributed by atoms with Crippen molar-refractivity contribution >= 4 is 36.0 Å². The van der Waals surface area contributed by atoms with Crippen LogP contribution in [-0.2, 0) is 28.7 Å². The van der Waals surface area contributed by atoms with Crippen molar-refractivity contribution in [3.63, 3.8) is 0 Å². The summed E-state index contributed by atoms with van der Waals surface area (Å²) in [7, 11) is 1.34. The van der Waals surface area contributed by atoms with Gasteiger partial charge in [-0.1, -0.05) is 12.1 Å². The van der Waals surface area contributed by atoms with Crippen molar-refractivity contribution in [3.8, 4) is 23.0 Å². The van der Waals surface area contributed by atoms with Crippen LogP contribution in [0.25, 0.3) is 12.2 Å². The van der Waals surface area contributed by atoms with Crippen molar-refractivity contribution in [3.05, 3.63) is 59.7 Å². The molecule has 0 aromatic heterocycles. The summed E-state index contributed by atoms with van der Waals surface area (Å²) in [6.45, 7) is 0. The first-order valence-corrected chi connectivity index (χ1v) is 9.63. The van der Waals surface area contributed by atoms with Crippen LogP contribution in [0.5, 0.6) is 23.0 Å². The predicted molar refractivity (Wildman–Crippen MR) is 118 cm³/mol. The molecule has 0 spiro atoms. The maximum absolute atomic E-state index is 12.1. The standard InChI is InChI=1S/C23H20O12/c1-33-17-7-3-13(11-16(17)26)5-9-19(28)35-21(23(31)32)20(22(29)30)34-18(27)8-4-12-2-6-14(24)15(25)10-12/h2-11,20-21,24-26H,1H3,(H,29,30)(H,31,32)/b8-4+,9-5+. The first kappa shape index (κ1) is 26.3. The zero-order valence-corrected chi connectivity index (χ0v) is 18.0. The molecule has 2 rings (SSSR count). The predicted octanol–water partition coefficient (Wildman–Crippen LogP) is 1.53. The number of carbonyl (C=O) groups is 4. The molecule has 0 heterocycles. The lowest BCUT2D eigenvalue weighted by Gasteiger charge is -2.19. The highest BCUT2D eigenvalue weighted by Gasteiger charge is 2.40. The highest BCUT2D eigenvalue weighted by Crippen LogP contribution is 2.27. The van der Waals surface area contributed by atoms with Crippen LogP contribution in [0.4, 0.5) is 0 Å². The Morgan fingerprint density at radius 3 is 1.57 bits per heavy atom. The number of carboxylic acid groups (broad SMARTS) is 2. The number of ether oxygens (including phenoxy) is 3. The molecule has 0 aliphatic carbocycles. The highest BCUT2D eigenvalue weighted by molar-refractivity contribution is 5.93. The molecule has 12 nitrogen and oxygen atoms in total. The molecule has 0 aliphatic heterocycles. The third-order valence-electron chi connectivity index (χ3n) is 4.27. The largest absolute Gasteiger partial charge is 0.504 e. The average Bonchev–Trinajstić information content (AvgIpc) is 2.80. The number of benzene rings is 2. The second-order valence-corrected chi connectivity index (χ2v) is 6.74. The smallest absolute Gasteiger partial charge is 0.349 e. The second-order valence-electron chi connectivity index (χ2n) is 6.74. The summed E-state index contributed by atoms with van der Waals surface area (Å²) in [4.78, 5) is 47.1. The van der Waals surface area contributed by atoms with Gasteiger partial charge in [-0.3, -0.25) is 0 Å². The minimum atomic E-state index is -2.39. The van der Waals surface area contributed by atoms with Crippen LogP contribution in [0.1, 0.15) is 11.1 Å². The first-order valence-electron chi connectivity index (χ1n) is 9.63. The molecule has 184 valence electrons. The van der Waals surface area contributed by atoms with Crippen LogP contribution < -0.4 is 4.74 Å². The molecule has 2 aromatic carbocycles. The number of hydrogen-bond acceptors (Lipinski definition) is 10. The quantitative estimate of drug-likeness (QED) is 0.184. The zero-order valence-electron chi connectivity index (χ0n) is 18.0. The molecule has 12 heteroatoms. The summed E-state index contributed by atoms with van der Waals surface area (Å²) < 4.78 is 14.2. The Labute approximate surface area is 197 Å². The van der Waals surface area contributed by atoms with E-state index in [4.69, 9.17) is 4.74 Å². The van der Waals surface area contributed by atoms with Crippen molar-refractivity contribution in [2.24, 2.45) is 0 Å². The van der Waals surface area contributed by atoms with Crippen LogP contribution in [0.2, 0.25) is 0 Å². The second kappa shape index (κ2) is 11.7. The van der Waals surface area contributed by atoms with E-state index >= 15 is 0 Å². The Bertz CT molecular complexity index is 1180. The number of rotatable bonds is 10. The van der Waals surface area contributed by atoms with E-state index in [9.17, 15) is 44.7 Å². The van der Waals surface area contributed by atoms with Crippen LogP contribution >= 0.6 is 0 Å². The average molecular weight is 488 g/mol. The lowest BCUT2D eigenvalue weighted by atomic mass is 10.2. The van der Waals surface area contributed by atoms with Gasteiger partial charge in [0.25, 0.3) is 0 Å². The van der Waals surface area contributed by atoms with Crippen LogP contribution in [0, 0.1) is 0 Å². The lowest BCUT2D eigenvalue weighted by molar-refractivity contribution is -0.183. The highest BCUT2D eigenvalue weighted by atomic mass is 16.6. The molecule has 35 heavy (non-hydrogen) atoms. The van der Waals surface area contributed by atoms with Gasteiger partial charge in [-0.15, -0.1) is 0 Å². The number of phenols is 3. The van der Waals surface area contributed by atoms with Crippen molar-refractivity contribution in [1.29, 1.82) is 0 Å². The Balaban J connectivity index is 2.11. The van der Waals surface area contributed by atoms with Gasteiger partial charge in [-0.2, -0.15) is 0 Å². The van der Waals surface area contributed by atoms with Crippen molar-refractivity contribution in [1.82, 2.24) is 0 Å². The van der Waals surface area contributed by atoms with Gasteiger partial charge in [-0.05, 0) is 47.5 Å². The van der Waals surface area contributed by atoms with Crippen molar-refractivity contribution in [2.45, 2.75) is 12.2 Å². The van der Waals surface area contributed by atoms with Gasteiger partial charge in [-0.25, -0.2) is 19.2 Å². The molecule has 0 bridgehead atoms. The molecule has 2 aromatic rings. The van der Waals surface area contributed by atoms with Crippen LogP contribution in [0.3, 0.4) is 0 Å². The Hall–Kier alpha value is -5.00.